The SMILES string of the molecule is NCc1ccccc1CN1CC[C@H](O)C1. The van der Waals surface area contributed by atoms with E-state index in [4.69, 9.17) is 5.73 Å². The van der Waals surface area contributed by atoms with Gasteiger partial charge in [-0.15, -0.1) is 0 Å². The van der Waals surface area contributed by atoms with Gasteiger partial charge < -0.3 is 10.8 Å². The summed E-state index contributed by atoms with van der Waals surface area (Å²) in [5.41, 5.74) is 8.18. The van der Waals surface area contributed by atoms with Gasteiger partial charge in [0, 0.05) is 26.2 Å². The van der Waals surface area contributed by atoms with Crippen molar-refractivity contribution in [3.05, 3.63) is 35.4 Å². The van der Waals surface area contributed by atoms with Gasteiger partial charge in [0.1, 0.15) is 0 Å². The van der Waals surface area contributed by atoms with Gasteiger partial charge in [-0.3, -0.25) is 4.90 Å². The Kier molecular flexibility index (Phi) is 3.36. The molecule has 1 aliphatic rings. The molecular weight excluding hydrogens is 188 g/mol. The third-order valence-corrected chi connectivity index (χ3v) is 2.98. The van der Waals surface area contributed by atoms with Crippen LogP contribution in [0.3, 0.4) is 0 Å². The standard InChI is InChI=1S/C12H18N2O/c13-7-10-3-1-2-4-11(10)8-14-6-5-12(15)9-14/h1-4,12,15H,5-9,13H2/t12-/m0/s1. The van der Waals surface area contributed by atoms with Crippen LogP contribution in [0, 0.1) is 0 Å². The first-order chi connectivity index (χ1) is 7.29. The summed E-state index contributed by atoms with van der Waals surface area (Å²) >= 11 is 0. The lowest BCUT2D eigenvalue weighted by molar-refractivity contribution is 0.174. The number of β-amino-alcohol motifs (C(OH)–C–C–N with tert-alkyl or cyclic N) is 1. The summed E-state index contributed by atoms with van der Waals surface area (Å²) in [6.45, 7) is 3.27. The second-order valence-electron chi connectivity index (χ2n) is 4.15. The van der Waals surface area contributed by atoms with Gasteiger partial charge in [-0.2, -0.15) is 0 Å². The van der Waals surface area contributed by atoms with E-state index < -0.39 is 0 Å². The van der Waals surface area contributed by atoms with Crippen LogP contribution in [0.4, 0.5) is 0 Å². The molecule has 1 atom stereocenters. The maximum absolute atomic E-state index is 9.44. The molecule has 0 radical (unpaired) electrons. The van der Waals surface area contributed by atoms with Crippen molar-refractivity contribution < 1.29 is 5.11 Å². The zero-order valence-electron chi connectivity index (χ0n) is 8.89. The Hall–Kier alpha value is -0.900. The predicted molar refractivity (Wildman–Crippen MR) is 60.2 cm³/mol. The van der Waals surface area contributed by atoms with Gasteiger partial charge in [0.2, 0.25) is 0 Å². The minimum absolute atomic E-state index is 0.143. The van der Waals surface area contributed by atoms with Crippen molar-refractivity contribution in [2.24, 2.45) is 5.73 Å². The quantitative estimate of drug-likeness (QED) is 0.766. The summed E-state index contributed by atoms with van der Waals surface area (Å²) in [7, 11) is 0. The third kappa shape index (κ3) is 2.56. The lowest BCUT2D eigenvalue weighted by atomic mass is 10.1. The summed E-state index contributed by atoms with van der Waals surface area (Å²) in [5.74, 6) is 0. The molecular formula is C12H18N2O. The van der Waals surface area contributed by atoms with Crippen molar-refractivity contribution in [2.75, 3.05) is 13.1 Å². The molecule has 15 heavy (non-hydrogen) atoms. The largest absolute Gasteiger partial charge is 0.392 e. The Morgan fingerprint density at radius 1 is 1.33 bits per heavy atom. The molecule has 0 aromatic heterocycles. The number of nitrogens with zero attached hydrogens (tertiary/aromatic N) is 1. The molecule has 0 aliphatic carbocycles. The van der Waals surface area contributed by atoms with Crippen molar-refractivity contribution in [2.45, 2.75) is 25.6 Å². The van der Waals surface area contributed by atoms with Gasteiger partial charge in [0.05, 0.1) is 6.10 Å². The summed E-state index contributed by atoms with van der Waals surface area (Å²) in [6.07, 6.45) is 0.750. The van der Waals surface area contributed by atoms with E-state index in [1.807, 2.05) is 12.1 Å². The van der Waals surface area contributed by atoms with E-state index in [1.165, 1.54) is 11.1 Å². The minimum atomic E-state index is -0.143. The van der Waals surface area contributed by atoms with E-state index in [1.54, 1.807) is 0 Å². The number of aliphatic hydroxyl groups is 1. The van der Waals surface area contributed by atoms with Gasteiger partial charge in [-0.25, -0.2) is 0 Å². The summed E-state index contributed by atoms with van der Waals surface area (Å²) < 4.78 is 0. The van der Waals surface area contributed by atoms with Crippen LogP contribution in [-0.2, 0) is 13.1 Å². The van der Waals surface area contributed by atoms with E-state index >= 15 is 0 Å². The number of hydrogen-bond acceptors (Lipinski definition) is 3. The number of rotatable bonds is 3. The first kappa shape index (κ1) is 10.6. The zero-order valence-corrected chi connectivity index (χ0v) is 8.89. The second-order valence-corrected chi connectivity index (χ2v) is 4.15. The Morgan fingerprint density at radius 3 is 2.67 bits per heavy atom. The van der Waals surface area contributed by atoms with Gasteiger partial charge in [-0.05, 0) is 17.5 Å². The van der Waals surface area contributed by atoms with Crippen LogP contribution < -0.4 is 5.73 Å². The Balaban J connectivity index is 2.04. The smallest absolute Gasteiger partial charge is 0.0679 e. The Bertz CT molecular complexity index is 327. The fraction of sp³-hybridized carbons (Fsp3) is 0.500. The molecule has 0 bridgehead atoms. The first-order valence-corrected chi connectivity index (χ1v) is 5.47. The second kappa shape index (κ2) is 4.75. The lowest BCUT2D eigenvalue weighted by Gasteiger charge is -2.16. The number of aliphatic hydroxyl groups excluding tert-OH is 1. The molecule has 0 amide bonds. The van der Waals surface area contributed by atoms with Crippen LogP contribution in [0.15, 0.2) is 24.3 Å². The molecule has 0 saturated carbocycles. The molecule has 0 spiro atoms. The summed E-state index contributed by atoms with van der Waals surface area (Å²) in [5, 5.41) is 9.44. The molecule has 2 rings (SSSR count). The Labute approximate surface area is 90.5 Å². The van der Waals surface area contributed by atoms with Crippen LogP contribution in [0.25, 0.3) is 0 Å². The topological polar surface area (TPSA) is 49.5 Å². The van der Waals surface area contributed by atoms with Crippen LogP contribution >= 0.6 is 0 Å². The van der Waals surface area contributed by atoms with E-state index in [0.29, 0.717) is 6.54 Å². The monoisotopic (exact) mass is 206 g/mol. The van der Waals surface area contributed by atoms with E-state index in [9.17, 15) is 5.11 Å². The molecule has 1 aromatic rings. The molecule has 3 heteroatoms. The Morgan fingerprint density at radius 2 is 2.07 bits per heavy atom. The number of likely N-dealkylation sites (tertiary alicyclic amines) is 1. The highest BCUT2D eigenvalue weighted by atomic mass is 16.3. The fourth-order valence-electron chi connectivity index (χ4n) is 2.11. The van der Waals surface area contributed by atoms with Crippen LogP contribution in [0.1, 0.15) is 17.5 Å². The maximum Gasteiger partial charge on any atom is 0.0679 e. The zero-order chi connectivity index (χ0) is 10.7. The molecule has 1 heterocycles. The van der Waals surface area contributed by atoms with Crippen molar-refractivity contribution >= 4 is 0 Å². The van der Waals surface area contributed by atoms with E-state index in [0.717, 1.165) is 26.1 Å². The van der Waals surface area contributed by atoms with Crippen molar-refractivity contribution in [3.63, 3.8) is 0 Å². The summed E-state index contributed by atoms with van der Waals surface area (Å²) in [4.78, 5) is 2.28. The van der Waals surface area contributed by atoms with Crippen molar-refractivity contribution in [1.29, 1.82) is 0 Å². The van der Waals surface area contributed by atoms with Crippen molar-refractivity contribution in [3.8, 4) is 0 Å². The highest BCUT2D eigenvalue weighted by molar-refractivity contribution is 5.26. The summed E-state index contributed by atoms with van der Waals surface area (Å²) in [6, 6.07) is 8.25. The highest BCUT2D eigenvalue weighted by Gasteiger charge is 2.20. The molecule has 3 nitrogen and oxygen atoms in total. The maximum atomic E-state index is 9.44. The molecule has 82 valence electrons. The first-order valence-electron chi connectivity index (χ1n) is 5.47. The number of nitrogens with two attached hydrogens (primary N) is 1. The van der Waals surface area contributed by atoms with Gasteiger partial charge in [0.25, 0.3) is 0 Å². The average Bonchev–Trinajstić information content (AvgIpc) is 2.65. The molecule has 1 saturated heterocycles. The van der Waals surface area contributed by atoms with Crippen molar-refractivity contribution in [1.82, 2.24) is 4.90 Å². The minimum Gasteiger partial charge on any atom is -0.392 e. The van der Waals surface area contributed by atoms with Gasteiger partial charge in [-0.1, -0.05) is 24.3 Å². The lowest BCUT2D eigenvalue weighted by Crippen LogP contribution is -2.22. The highest BCUT2D eigenvalue weighted by Crippen LogP contribution is 2.15. The molecule has 0 unspecified atom stereocenters. The van der Waals surface area contributed by atoms with Gasteiger partial charge >= 0.3 is 0 Å². The van der Waals surface area contributed by atoms with E-state index in [2.05, 4.69) is 17.0 Å². The molecule has 1 aliphatic heterocycles. The predicted octanol–water partition coefficient (Wildman–Crippen LogP) is 0.712. The fourth-order valence-corrected chi connectivity index (χ4v) is 2.11. The number of hydrogen-bond donors (Lipinski definition) is 2. The molecule has 1 fully saturated rings. The number of benzene rings is 1. The third-order valence-electron chi connectivity index (χ3n) is 2.98. The average molecular weight is 206 g/mol. The van der Waals surface area contributed by atoms with Crippen LogP contribution in [0.2, 0.25) is 0 Å². The molecule has 3 N–H and O–H groups in total. The normalized spacial score (nSPS) is 22.1. The van der Waals surface area contributed by atoms with Crippen LogP contribution in [0.5, 0.6) is 0 Å². The molecule has 1 aromatic carbocycles. The van der Waals surface area contributed by atoms with Gasteiger partial charge in [0.15, 0.2) is 0 Å². The van der Waals surface area contributed by atoms with E-state index in [-0.39, 0.29) is 6.10 Å². The van der Waals surface area contributed by atoms with Crippen LogP contribution in [-0.4, -0.2) is 29.2 Å².